The molecule has 0 aromatic heterocycles. The van der Waals surface area contributed by atoms with Crippen LogP contribution in [0.15, 0.2) is 0 Å². The van der Waals surface area contributed by atoms with Crippen molar-refractivity contribution in [3.63, 3.8) is 0 Å². The van der Waals surface area contributed by atoms with Crippen LogP contribution in [0, 0.1) is 39.9 Å². The molecule has 6 nitrogen and oxygen atoms in total. The fraction of sp³-hybridized carbons (Fsp3) is 0.600. The van der Waals surface area contributed by atoms with E-state index in [1.165, 1.54) is 0 Å². The smallest absolute Gasteiger partial charge is 0.239 e. The highest BCUT2D eigenvalue weighted by atomic mass is 16.2. The summed E-state index contributed by atoms with van der Waals surface area (Å²) in [5.41, 5.74) is -2.04. The van der Waals surface area contributed by atoms with Crippen LogP contribution in [0.1, 0.15) is 13.8 Å². The van der Waals surface area contributed by atoms with Gasteiger partial charge in [0.1, 0.15) is 17.5 Å². The van der Waals surface area contributed by atoms with E-state index in [-0.39, 0.29) is 0 Å². The zero-order valence-electron chi connectivity index (χ0n) is 8.87. The van der Waals surface area contributed by atoms with Gasteiger partial charge in [0.2, 0.25) is 11.8 Å². The molecular formula is C10H10N4O2. The molecule has 2 amide bonds. The van der Waals surface area contributed by atoms with Crippen LogP contribution in [-0.2, 0) is 9.59 Å². The van der Waals surface area contributed by atoms with Crippen molar-refractivity contribution >= 4 is 11.8 Å². The molecule has 2 aliphatic heterocycles. The van der Waals surface area contributed by atoms with Gasteiger partial charge in [0, 0.05) is 0 Å². The first-order valence-electron chi connectivity index (χ1n) is 4.84. The summed E-state index contributed by atoms with van der Waals surface area (Å²) in [5, 5.41) is 23.2. The SMILES string of the molecule is CC12NC(=O)[C@@H](C#N)C1(C)[C@H](C#N)C(=O)N2. The molecule has 2 fully saturated rings. The lowest BCUT2D eigenvalue weighted by Crippen LogP contribution is -2.55. The van der Waals surface area contributed by atoms with E-state index in [9.17, 15) is 9.59 Å². The Balaban J connectivity index is 2.61. The Labute approximate surface area is 92.2 Å². The summed E-state index contributed by atoms with van der Waals surface area (Å²) >= 11 is 0. The van der Waals surface area contributed by atoms with Gasteiger partial charge >= 0.3 is 0 Å². The molecule has 0 aromatic carbocycles. The standard InChI is InChI=1S/C10H10N4O2/c1-9-5(3-11)7(15)13-10(9,2)14-8(16)6(9)4-12/h5-6H,1-2H3,(H,13,15)(H,14,16)/t5-,6-,9?,10?/m1/s1. The molecule has 0 bridgehead atoms. The number of hydrogen-bond acceptors (Lipinski definition) is 4. The Bertz CT molecular complexity index is 434. The van der Waals surface area contributed by atoms with Crippen LogP contribution in [-0.4, -0.2) is 17.5 Å². The van der Waals surface area contributed by atoms with Crippen LogP contribution in [0.4, 0.5) is 0 Å². The zero-order chi connectivity index (χ0) is 12.1. The van der Waals surface area contributed by atoms with Crippen LogP contribution in [0.5, 0.6) is 0 Å². The second kappa shape index (κ2) is 2.73. The normalized spacial score (nSPS) is 45.2. The van der Waals surface area contributed by atoms with Crippen molar-refractivity contribution in [2.45, 2.75) is 19.5 Å². The van der Waals surface area contributed by atoms with Gasteiger partial charge in [-0.15, -0.1) is 0 Å². The summed E-state index contributed by atoms with van der Waals surface area (Å²) in [7, 11) is 0. The number of nitrogens with one attached hydrogen (secondary N) is 2. The molecule has 0 saturated carbocycles. The predicted molar refractivity (Wildman–Crippen MR) is 51.0 cm³/mol. The fourth-order valence-corrected chi connectivity index (χ4v) is 2.61. The maximum atomic E-state index is 11.6. The summed E-state index contributed by atoms with van der Waals surface area (Å²) in [6, 6.07) is 3.76. The molecule has 0 spiro atoms. The van der Waals surface area contributed by atoms with E-state index >= 15 is 0 Å². The van der Waals surface area contributed by atoms with Gasteiger partial charge in [-0.1, -0.05) is 6.92 Å². The van der Waals surface area contributed by atoms with E-state index in [0.717, 1.165) is 0 Å². The van der Waals surface area contributed by atoms with Crippen molar-refractivity contribution in [3.05, 3.63) is 0 Å². The number of carbonyl (C=O) groups is 2. The summed E-state index contributed by atoms with van der Waals surface area (Å²) < 4.78 is 0. The van der Waals surface area contributed by atoms with Crippen molar-refractivity contribution in [1.29, 1.82) is 10.5 Å². The molecule has 0 aromatic rings. The highest BCUT2D eigenvalue weighted by Crippen LogP contribution is 2.51. The van der Waals surface area contributed by atoms with Gasteiger partial charge in [0.15, 0.2) is 0 Å². The highest BCUT2D eigenvalue weighted by molar-refractivity contribution is 5.94. The van der Waals surface area contributed by atoms with Crippen molar-refractivity contribution in [2.24, 2.45) is 17.3 Å². The fourth-order valence-electron chi connectivity index (χ4n) is 2.61. The maximum Gasteiger partial charge on any atom is 0.239 e. The van der Waals surface area contributed by atoms with Crippen LogP contribution >= 0.6 is 0 Å². The summed E-state index contributed by atoms with van der Waals surface area (Å²) in [5.74, 6) is -2.84. The third-order valence-electron chi connectivity index (χ3n) is 3.81. The molecule has 16 heavy (non-hydrogen) atoms. The van der Waals surface area contributed by atoms with Crippen molar-refractivity contribution in [2.75, 3.05) is 0 Å². The van der Waals surface area contributed by atoms with Crippen LogP contribution < -0.4 is 10.6 Å². The molecule has 82 valence electrons. The van der Waals surface area contributed by atoms with E-state index in [1.54, 1.807) is 13.8 Å². The lowest BCUT2D eigenvalue weighted by Gasteiger charge is -2.34. The third kappa shape index (κ3) is 0.849. The van der Waals surface area contributed by atoms with Gasteiger partial charge in [-0.3, -0.25) is 9.59 Å². The number of amides is 2. The molecule has 2 atom stereocenters. The Kier molecular flexibility index (Phi) is 1.78. The topological polar surface area (TPSA) is 106 Å². The van der Waals surface area contributed by atoms with Gasteiger partial charge in [0.25, 0.3) is 0 Å². The molecule has 0 unspecified atom stereocenters. The first kappa shape index (κ1) is 10.4. The Morgan fingerprint density at radius 1 is 1.06 bits per heavy atom. The van der Waals surface area contributed by atoms with Gasteiger partial charge in [-0.2, -0.15) is 10.5 Å². The van der Waals surface area contributed by atoms with Crippen LogP contribution in [0.25, 0.3) is 0 Å². The molecule has 0 aliphatic carbocycles. The summed E-state index contributed by atoms with van der Waals surface area (Å²) in [6.45, 7) is 3.24. The molecule has 6 heteroatoms. The van der Waals surface area contributed by atoms with Crippen molar-refractivity contribution in [3.8, 4) is 12.1 Å². The highest BCUT2D eigenvalue weighted by Gasteiger charge is 2.70. The first-order chi connectivity index (χ1) is 7.40. The summed E-state index contributed by atoms with van der Waals surface area (Å²) in [6.07, 6.45) is 0. The third-order valence-corrected chi connectivity index (χ3v) is 3.81. The zero-order valence-corrected chi connectivity index (χ0v) is 8.87. The lowest BCUT2D eigenvalue weighted by molar-refractivity contribution is -0.125. The number of nitrogens with zero attached hydrogens (tertiary/aromatic N) is 2. The van der Waals surface area contributed by atoms with Gasteiger partial charge in [-0.05, 0) is 6.92 Å². The Morgan fingerprint density at radius 2 is 1.44 bits per heavy atom. The molecule has 2 N–H and O–H groups in total. The van der Waals surface area contributed by atoms with Crippen molar-refractivity contribution < 1.29 is 9.59 Å². The molecule has 0 radical (unpaired) electrons. The molecule has 2 saturated heterocycles. The lowest BCUT2D eigenvalue weighted by atomic mass is 9.67. The second-order valence-corrected chi connectivity index (χ2v) is 4.51. The van der Waals surface area contributed by atoms with Crippen molar-refractivity contribution in [1.82, 2.24) is 10.6 Å². The average Bonchev–Trinajstić information content (AvgIpc) is 2.46. The van der Waals surface area contributed by atoms with Gasteiger partial charge in [-0.25, -0.2) is 0 Å². The van der Waals surface area contributed by atoms with Gasteiger partial charge < -0.3 is 10.6 Å². The number of rotatable bonds is 0. The quantitative estimate of drug-likeness (QED) is 0.557. The number of fused-ring (bicyclic) bond motifs is 1. The first-order valence-corrected chi connectivity index (χ1v) is 4.84. The summed E-state index contributed by atoms with van der Waals surface area (Å²) in [4.78, 5) is 23.2. The minimum atomic E-state index is -1.02. The van der Waals surface area contributed by atoms with Crippen LogP contribution in [0.2, 0.25) is 0 Å². The molecule has 2 aliphatic rings. The molecule has 2 rings (SSSR count). The monoisotopic (exact) mass is 218 g/mol. The van der Waals surface area contributed by atoms with Gasteiger partial charge in [0.05, 0.1) is 17.6 Å². The van der Waals surface area contributed by atoms with E-state index < -0.39 is 34.7 Å². The minimum Gasteiger partial charge on any atom is -0.332 e. The largest absolute Gasteiger partial charge is 0.332 e. The number of nitriles is 2. The van der Waals surface area contributed by atoms with E-state index in [2.05, 4.69) is 10.6 Å². The number of hydrogen-bond donors (Lipinski definition) is 2. The molecule has 2 heterocycles. The van der Waals surface area contributed by atoms with E-state index in [0.29, 0.717) is 0 Å². The Morgan fingerprint density at radius 3 is 1.75 bits per heavy atom. The predicted octanol–water partition coefficient (Wildman–Crippen LogP) is -0.752. The minimum absolute atomic E-state index is 0.437. The van der Waals surface area contributed by atoms with E-state index in [1.807, 2.05) is 12.1 Å². The second-order valence-electron chi connectivity index (χ2n) is 4.51. The number of carbonyl (C=O) groups excluding carboxylic acids is 2. The average molecular weight is 218 g/mol. The van der Waals surface area contributed by atoms with Crippen LogP contribution in [0.3, 0.4) is 0 Å². The van der Waals surface area contributed by atoms with E-state index in [4.69, 9.17) is 10.5 Å². The Hall–Kier alpha value is -2.08. The molecular weight excluding hydrogens is 208 g/mol. The maximum absolute atomic E-state index is 11.6.